The molecule has 1 unspecified atom stereocenters. The highest BCUT2D eigenvalue weighted by Crippen LogP contribution is 2.41. The van der Waals surface area contributed by atoms with Gasteiger partial charge in [-0.05, 0) is 93.3 Å². The summed E-state index contributed by atoms with van der Waals surface area (Å²) >= 11 is 0. The van der Waals surface area contributed by atoms with E-state index in [2.05, 4.69) is 81.4 Å². The Labute approximate surface area is 308 Å². The Morgan fingerprint density at radius 1 is 0.980 bits per heavy atom. The van der Waals surface area contributed by atoms with Crippen LogP contribution in [0.1, 0.15) is 109 Å². The third kappa shape index (κ3) is 8.72. The standard InChI is InChI=1S/C38H50N8O3S.ClH/c1-36(2,3)18-21-45-20-17-28(43-45)26-16-19-39-30(22-26)29-14-12-25-23-38(7,8)46(24-25)34-27(13-15-31(41-34)37(4,5)6)35(47)44-50(48,49)33-11-9-10-32(40-29)42-33;/h9-11,13,15-17,19-20,22,25,29H,12,14,18,21,23-24H2,1-8H3,(H,40,42)(H,44,47);1H/t25-,29?;/m0./s1. The molecule has 13 heteroatoms. The molecule has 6 rings (SSSR count). The number of rotatable bonds is 4. The van der Waals surface area contributed by atoms with E-state index in [0.29, 0.717) is 24.1 Å². The molecule has 4 aromatic rings. The number of nitrogens with zero attached hydrogens (tertiary/aromatic N) is 6. The van der Waals surface area contributed by atoms with Crippen molar-refractivity contribution in [3.8, 4) is 11.3 Å². The van der Waals surface area contributed by atoms with Gasteiger partial charge in [0.1, 0.15) is 11.6 Å². The molecule has 4 aromatic heterocycles. The van der Waals surface area contributed by atoms with Gasteiger partial charge in [-0.15, -0.1) is 12.4 Å². The molecule has 2 aliphatic rings. The molecular formula is C38H51ClN8O3S. The fourth-order valence-corrected chi connectivity index (χ4v) is 7.77. The van der Waals surface area contributed by atoms with Crippen LogP contribution in [0.3, 0.4) is 0 Å². The predicted octanol–water partition coefficient (Wildman–Crippen LogP) is 7.56. The number of amides is 1. The van der Waals surface area contributed by atoms with Crippen LogP contribution in [0.15, 0.2) is 66.0 Å². The summed E-state index contributed by atoms with van der Waals surface area (Å²) < 4.78 is 31.5. The molecule has 0 saturated carbocycles. The summed E-state index contributed by atoms with van der Waals surface area (Å²) in [4.78, 5) is 30.2. The second-order valence-corrected chi connectivity index (χ2v) is 18.3. The Morgan fingerprint density at radius 3 is 2.47 bits per heavy atom. The highest BCUT2D eigenvalue weighted by molar-refractivity contribution is 7.90. The van der Waals surface area contributed by atoms with Gasteiger partial charge in [0.2, 0.25) is 0 Å². The largest absolute Gasteiger partial charge is 0.362 e. The fourth-order valence-electron chi connectivity index (χ4n) is 6.84. The lowest BCUT2D eigenvalue weighted by Gasteiger charge is -2.34. The van der Waals surface area contributed by atoms with Crippen molar-refractivity contribution in [2.75, 3.05) is 16.8 Å². The molecule has 0 aromatic carbocycles. The minimum Gasteiger partial charge on any atom is -0.362 e. The number of nitrogens with one attached hydrogen (secondary N) is 2. The van der Waals surface area contributed by atoms with Crippen LogP contribution < -0.4 is 14.9 Å². The molecule has 0 spiro atoms. The molecule has 1 saturated heterocycles. The quantitative estimate of drug-likeness (QED) is 0.218. The van der Waals surface area contributed by atoms with E-state index in [9.17, 15) is 13.2 Å². The first kappa shape index (κ1) is 38.2. The van der Waals surface area contributed by atoms with Gasteiger partial charge in [-0.2, -0.15) is 13.5 Å². The highest BCUT2D eigenvalue weighted by atomic mass is 35.5. The van der Waals surface area contributed by atoms with Crippen LogP contribution in [-0.2, 0) is 22.0 Å². The van der Waals surface area contributed by atoms with Crippen LogP contribution in [-0.4, -0.2) is 51.1 Å². The van der Waals surface area contributed by atoms with E-state index < -0.39 is 15.9 Å². The number of fused-ring (bicyclic) bond motifs is 6. The number of sulfonamides is 1. The van der Waals surface area contributed by atoms with Crippen LogP contribution >= 0.6 is 12.4 Å². The lowest BCUT2D eigenvalue weighted by atomic mass is 9.90. The Morgan fingerprint density at radius 2 is 1.75 bits per heavy atom. The second-order valence-electron chi connectivity index (χ2n) is 16.6. The zero-order chi connectivity index (χ0) is 36.1. The summed E-state index contributed by atoms with van der Waals surface area (Å²) in [6, 6.07) is 14.0. The molecule has 274 valence electrons. The van der Waals surface area contributed by atoms with E-state index in [-0.39, 0.29) is 45.4 Å². The molecule has 6 heterocycles. The highest BCUT2D eigenvalue weighted by Gasteiger charge is 2.41. The average molecular weight is 735 g/mol. The fraction of sp³-hybridized carbons (Fsp3) is 0.500. The van der Waals surface area contributed by atoms with Gasteiger partial charge in [-0.1, -0.05) is 47.6 Å². The van der Waals surface area contributed by atoms with E-state index >= 15 is 0 Å². The molecule has 51 heavy (non-hydrogen) atoms. The monoisotopic (exact) mass is 734 g/mol. The van der Waals surface area contributed by atoms with Gasteiger partial charge in [-0.3, -0.25) is 14.5 Å². The number of halogens is 1. The van der Waals surface area contributed by atoms with E-state index in [0.717, 1.165) is 54.9 Å². The number of hydrogen-bond acceptors (Lipinski definition) is 9. The SMILES string of the molecule is CC(C)(C)CCn1ccc(-c2ccnc(C3CC[C@@H]4CN(c5nc(C(C)(C)C)ccc5C(=O)NS(=O)(=O)c5cccc(n5)N3)C(C)(C)C4)c2)n1.Cl. The maximum absolute atomic E-state index is 13.8. The van der Waals surface area contributed by atoms with Crippen LogP contribution in [0, 0.1) is 11.3 Å². The van der Waals surface area contributed by atoms with Gasteiger partial charge >= 0.3 is 0 Å². The van der Waals surface area contributed by atoms with E-state index in [1.165, 1.54) is 6.07 Å². The van der Waals surface area contributed by atoms with Gasteiger partial charge < -0.3 is 10.2 Å². The number of hydrogen-bond donors (Lipinski definition) is 2. The topological polar surface area (TPSA) is 135 Å². The zero-order valence-electron chi connectivity index (χ0n) is 30.9. The van der Waals surface area contributed by atoms with Gasteiger partial charge in [0.25, 0.3) is 15.9 Å². The average Bonchev–Trinajstić information content (AvgIpc) is 3.64. The molecule has 1 fully saturated rings. The lowest BCUT2D eigenvalue weighted by molar-refractivity contribution is 0.0981. The summed E-state index contributed by atoms with van der Waals surface area (Å²) in [6.07, 6.45) is 7.31. The summed E-state index contributed by atoms with van der Waals surface area (Å²) in [5.41, 5.74) is 3.31. The number of aromatic nitrogens is 5. The summed E-state index contributed by atoms with van der Waals surface area (Å²) in [6.45, 7) is 18.7. The van der Waals surface area contributed by atoms with Crippen molar-refractivity contribution in [2.45, 2.75) is 110 Å². The maximum atomic E-state index is 13.8. The van der Waals surface area contributed by atoms with Crippen molar-refractivity contribution in [1.29, 1.82) is 0 Å². The molecule has 4 bridgehead atoms. The number of anilines is 2. The van der Waals surface area contributed by atoms with Gasteiger partial charge in [0.15, 0.2) is 5.03 Å². The van der Waals surface area contributed by atoms with E-state index in [1.807, 2.05) is 29.1 Å². The summed E-state index contributed by atoms with van der Waals surface area (Å²) in [7, 11) is -4.31. The summed E-state index contributed by atoms with van der Waals surface area (Å²) in [5.74, 6) is 0.437. The molecule has 1 amide bonds. The van der Waals surface area contributed by atoms with Gasteiger partial charge in [-0.25, -0.2) is 14.7 Å². The Kier molecular flexibility index (Phi) is 10.6. The first-order valence-electron chi connectivity index (χ1n) is 17.5. The molecule has 11 nitrogen and oxygen atoms in total. The van der Waals surface area contributed by atoms with Crippen molar-refractivity contribution in [2.24, 2.45) is 11.3 Å². The van der Waals surface area contributed by atoms with Crippen molar-refractivity contribution >= 4 is 40.0 Å². The minimum absolute atomic E-state index is 0. The Hall–Kier alpha value is -4.03. The molecule has 2 N–H and O–H groups in total. The number of pyridine rings is 3. The Bertz CT molecular complexity index is 2000. The first-order valence-corrected chi connectivity index (χ1v) is 19.0. The van der Waals surface area contributed by atoms with Gasteiger partial charge in [0, 0.05) is 47.7 Å². The molecule has 2 aliphatic heterocycles. The number of carbonyl (C=O) groups is 1. The third-order valence-electron chi connectivity index (χ3n) is 9.68. The molecule has 0 aliphatic carbocycles. The minimum atomic E-state index is -4.31. The van der Waals surface area contributed by atoms with Gasteiger partial charge in [0.05, 0.1) is 23.0 Å². The van der Waals surface area contributed by atoms with Crippen LogP contribution in [0.25, 0.3) is 11.3 Å². The number of carbonyl (C=O) groups excluding carboxylic acids is 1. The molecular weight excluding hydrogens is 684 g/mol. The van der Waals surface area contributed by atoms with E-state index in [4.69, 9.17) is 15.1 Å². The third-order valence-corrected chi connectivity index (χ3v) is 10.9. The van der Waals surface area contributed by atoms with Crippen molar-refractivity contribution < 1.29 is 13.2 Å². The van der Waals surface area contributed by atoms with Crippen LogP contribution in [0.5, 0.6) is 0 Å². The van der Waals surface area contributed by atoms with Crippen molar-refractivity contribution in [3.05, 3.63) is 77.9 Å². The lowest BCUT2D eigenvalue weighted by Crippen LogP contribution is -2.41. The predicted molar refractivity (Wildman–Crippen MR) is 204 cm³/mol. The van der Waals surface area contributed by atoms with Crippen molar-refractivity contribution in [3.63, 3.8) is 0 Å². The number of aryl methyl sites for hydroxylation is 1. The van der Waals surface area contributed by atoms with Crippen LogP contribution in [0.4, 0.5) is 11.6 Å². The molecule has 2 atom stereocenters. The summed E-state index contributed by atoms with van der Waals surface area (Å²) in [5, 5.41) is 8.09. The maximum Gasteiger partial charge on any atom is 0.281 e. The van der Waals surface area contributed by atoms with Crippen LogP contribution in [0.2, 0.25) is 0 Å². The molecule has 0 radical (unpaired) electrons. The second kappa shape index (κ2) is 14.2. The smallest absolute Gasteiger partial charge is 0.281 e. The van der Waals surface area contributed by atoms with E-state index in [1.54, 1.807) is 24.4 Å². The first-order chi connectivity index (χ1) is 23.4. The normalized spacial score (nSPS) is 20.2. The Balaban J connectivity index is 0.00000504. The zero-order valence-corrected chi connectivity index (χ0v) is 32.5. The van der Waals surface area contributed by atoms with Crippen molar-refractivity contribution in [1.82, 2.24) is 29.5 Å².